The maximum atomic E-state index is 12.6. The van der Waals surface area contributed by atoms with Crippen LogP contribution in [0.5, 0.6) is 0 Å². The molecule has 0 bridgehead atoms. The van der Waals surface area contributed by atoms with Gasteiger partial charge in [0.25, 0.3) is 0 Å². The van der Waals surface area contributed by atoms with Crippen LogP contribution in [0.25, 0.3) is 16.7 Å². The predicted octanol–water partition coefficient (Wildman–Crippen LogP) is 1.15. The SMILES string of the molecule is O=C(Nc1ccc2[nH]c(=O)[nH]c2c1)C1CCN(c2ccc3nncn3n2)CC1. The molecular weight excluding hydrogens is 360 g/mol. The van der Waals surface area contributed by atoms with E-state index in [0.29, 0.717) is 22.4 Å². The van der Waals surface area contributed by atoms with Crippen LogP contribution in [0.3, 0.4) is 0 Å². The van der Waals surface area contributed by atoms with Crippen molar-refractivity contribution in [3.8, 4) is 0 Å². The summed E-state index contributed by atoms with van der Waals surface area (Å²) in [5, 5.41) is 15.3. The number of nitrogens with zero attached hydrogens (tertiary/aromatic N) is 5. The molecular formula is C18H18N8O2. The van der Waals surface area contributed by atoms with Gasteiger partial charge in [0, 0.05) is 24.7 Å². The molecule has 1 saturated heterocycles. The van der Waals surface area contributed by atoms with Gasteiger partial charge in [-0.1, -0.05) is 0 Å². The second-order valence-corrected chi connectivity index (χ2v) is 6.92. The van der Waals surface area contributed by atoms with Crippen LogP contribution in [-0.2, 0) is 4.79 Å². The van der Waals surface area contributed by atoms with E-state index in [1.54, 1.807) is 29.0 Å². The van der Waals surface area contributed by atoms with E-state index in [1.807, 2.05) is 12.1 Å². The Morgan fingerprint density at radius 3 is 2.79 bits per heavy atom. The van der Waals surface area contributed by atoms with Crippen molar-refractivity contribution in [2.24, 2.45) is 5.92 Å². The Hall–Kier alpha value is -3.69. The second kappa shape index (κ2) is 6.48. The van der Waals surface area contributed by atoms with Crippen molar-refractivity contribution in [1.82, 2.24) is 29.8 Å². The average Bonchev–Trinajstić information content (AvgIpc) is 3.32. The van der Waals surface area contributed by atoms with Gasteiger partial charge in [-0.15, -0.1) is 15.3 Å². The fraction of sp³-hybridized carbons (Fsp3) is 0.278. The average molecular weight is 378 g/mol. The van der Waals surface area contributed by atoms with Crippen LogP contribution in [0.2, 0.25) is 0 Å². The van der Waals surface area contributed by atoms with E-state index in [9.17, 15) is 9.59 Å². The van der Waals surface area contributed by atoms with Gasteiger partial charge in [0.1, 0.15) is 12.1 Å². The molecule has 1 fully saturated rings. The highest BCUT2D eigenvalue weighted by Gasteiger charge is 2.26. The third kappa shape index (κ3) is 2.98. The highest BCUT2D eigenvalue weighted by atomic mass is 16.2. The Morgan fingerprint density at radius 2 is 1.93 bits per heavy atom. The molecule has 0 unspecified atom stereocenters. The van der Waals surface area contributed by atoms with Crippen molar-refractivity contribution >= 4 is 34.1 Å². The highest BCUT2D eigenvalue weighted by molar-refractivity contribution is 5.94. The molecule has 0 saturated carbocycles. The molecule has 0 aliphatic carbocycles. The smallest absolute Gasteiger partial charge is 0.323 e. The fourth-order valence-corrected chi connectivity index (χ4v) is 3.61. The van der Waals surface area contributed by atoms with E-state index in [2.05, 4.69) is 35.5 Å². The molecule has 5 rings (SSSR count). The number of rotatable bonds is 3. The van der Waals surface area contributed by atoms with Gasteiger partial charge in [-0.2, -0.15) is 4.52 Å². The second-order valence-electron chi connectivity index (χ2n) is 6.92. The summed E-state index contributed by atoms with van der Waals surface area (Å²) in [5.74, 6) is 0.794. The maximum absolute atomic E-state index is 12.6. The molecule has 10 nitrogen and oxygen atoms in total. The Morgan fingerprint density at radius 1 is 1.11 bits per heavy atom. The lowest BCUT2D eigenvalue weighted by Gasteiger charge is -2.32. The van der Waals surface area contributed by atoms with Crippen LogP contribution >= 0.6 is 0 Å². The summed E-state index contributed by atoms with van der Waals surface area (Å²) in [4.78, 5) is 31.6. The first kappa shape index (κ1) is 16.5. The Bertz CT molecular complexity index is 1220. The molecule has 1 amide bonds. The normalized spacial score (nSPS) is 15.4. The molecule has 1 aliphatic heterocycles. The fourth-order valence-electron chi connectivity index (χ4n) is 3.61. The number of hydrogen-bond donors (Lipinski definition) is 3. The number of benzene rings is 1. The van der Waals surface area contributed by atoms with E-state index < -0.39 is 0 Å². The van der Waals surface area contributed by atoms with Crippen LogP contribution in [-0.4, -0.2) is 48.8 Å². The molecule has 28 heavy (non-hydrogen) atoms. The molecule has 10 heteroatoms. The van der Waals surface area contributed by atoms with E-state index in [4.69, 9.17) is 0 Å². The lowest BCUT2D eigenvalue weighted by atomic mass is 9.96. The number of carbonyl (C=O) groups is 1. The number of amides is 1. The van der Waals surface area contributed by atoms with Gasteiger partial charge < -0.3 is 20.2 Å². The number of H-pyrrole nitrogens is 2. The molecule has 1 aliphatic rings. The molecule has 4 aromatic rings. The largest absolute Gasteiger partial charge is 0.355 e. The van der Waals surface area contributed by atoms with E-state index in [0.717, 1.165) is 31.7 Å². The Balaban J connectivity index is 1.24. The van der Waals surface area contributed by atoms with E-state index in [-0.39, 0.29) is 17.5 Å². The molecule has 142 valence electrons. The summed E-state index contributed by atoms with van der Waals surface area (Å²) in [7, 11) is 0. The Labute approximate surface area is 158 Å². The number of fused-ring (bicyclic) bond motifs is 2. The van der Waals surface area contributed by atoms with Gasteiger partial charge in [0.05, 0.1) is 11.0 Å². The van der Waals surface area contributed by atoms with Crippen molar-refractivity contribution in [3.63, 3.8) is 0 Å². The number of aromatic nitrogens is 6. The number of aromatic amines is 2. The van der Waals surface area contributed by atoms with Gasteiger partial charge in [-0.05, 0) is 43.2 Å². The third-order valence-electron chi connectivity index (χ3n) is 5.12. The van der Waals surface area contributed by atoms with Gasteiger partial charge in [-0.25, -0.2) is 4.79 Å². The summed E-state index contributed by atoms with van der Waals surface area (Å²) in [6.07, 6.45) is 3.07. The topological polar surface area (TPSA) is 124 Å². The number of piperidine rings is 1. The van der Waals surface area contributed by atoms with Crippen molar-refractivity contribution < 1.29 is 4.79 Å². The number of carbonyl (C=O) groups excluding carboxylic acids is 1. The molecule has 1 aromatic carbocycles. The lowest BCUT2D eigenvalue weighted by Crippen LogP contribution is -2.38. The van der Waals surface area contributed by atoms with Crippen LogP contribution < -0.4 is 15.9 Å². The number of imidazole rings is 1. The lowest BCUT2D eigenvalue weighted by molar-refractivity contribution is -0.120. The number of nitrogens with one attached hydrogen (secondary N) is 3. The first-order valence-corrected chi connectivity index (χ1v) is 9.11. The van der Waals surface area contributed by atoms with Crippen LogP contribution in [0, 0.1) is 5.92 Å². The molecule has 3 N–H and O–H groups in total. The first-order valence-electron chi connectivity index (χ1n) is 9.11. The summed E-state index contributed by atoms with van der Waals surface area (Å²) >= 11 is 0. The summed E-state index contributed by atoms with van der Waals surface area (Å²) < 4.78 is 1.65. The van der Waals surface area contributed by atoms with Crippen molar-refractivity contribution in [2.75, 3.05) is 23.3 Å². The van der Waals surface area contributed by atoms with Crippen LogP contribution in [0.15, 0.2) is 41.5 Å². The van der Waals surface area contributed by atoms with Crippen molar-refractivity contribution in [2.45, 2.75) is 12.8 Å². The van der Waals surface area contributed by atoms with E-state index >= 15 is 0 Å². The first-order chi connectivity index (χ1) is 13.7. The standard InChI is InChI=1S/C18H18N8O2/c27-17(20-12-1-2-13-14(9-12)22-18(28)21-13)11-5-7-25(8-6-11)16-4-3-15-23-19-10-26(15)24-16/h1-4,9-11H,5-8H2,(H,20,27)(H2,21,22,28). The number of hydrogen-bond acceptors (Lipinski definition) is 6. The molecule has 3 aromatic heterocycles. The van der Waals surface area contributed by atoms with Gasteiger partial charge >= 0.3 is 5.69 Å². The minimum atomic E-state index is -0.260. The van der Waals surface area contributed by atoms with Crippen LogP contribution in [0.4, 0.5) is 11.5 Å². The monoisotopic (exact) mass is 378 g/mol. The minimum absolute atomic E-state index is 0.000830. The number of anilines is 2. The third-order valence-corrected chi connectivity index (χ3v) is 5.12. The van der Waals surface area contributed by atoms with Crippen molar-refractivity contribution in [3.05, 3.63) is 47.1 Å². The van der Waals surface area contributed by atoms with Gasteiger partial charge in [0.2, 0.25) is 5.91 Å². The Kier molecular flexibility index (Phi) is 3.81. The van der Waals surface area contributed by atoms with Gasteiger partial charge in [-0.3, -0.25) is 4.79 Å². The quantitative estimate of drug-likeness (QED) is 0.491. The van der Waals surface area contributed by atoms with Crippen molar-refractivity contribution in [1.29, 1.82) is 0 Å². The summed E-state index contributed by atoms with van der Waals surface area (Å²) in [6, 6.07) is 9.14. The van der Waals surface area contributed by atoms with Gasteiger partial charge in [0.15, 0.2) is 5.65 Å². The molecule has 4 heterocycles. The maximum Gasteiger partial charge on any atom is 0.323 e. The minimum Gasteiger partial charge on any atom is -0.355 e. The highest BCUT2D eigenvalue weighted by Crippen LogP contribution is 2.24. The summed E-state index contributed by atoms with van der Waals surface area (Å²) in [6.45, 7) is 1.51. The zero-order chi connectivity index (χ0) is 19.1. The zero-order valence-electron chi connectivity index (χ0n) is 14.9. The summed E-state index contributed by atoms with van der Waals surface area (Å²) in [5.41, 5.74) is 2.51. The van der Waals surface area contributed by atoms with E-state index in [1.165, 1.54) is 0 Å². The molecule has 0 radical (unpaired) electrons. The molecule has 0 atom stereocenters. The van der Waals surface area contributed by atoms with Crippen LogP contribution in [0.1, 0.15) is 12.8 Å². The zero-order valence-corrected chi connectivity index (χ0v) is 14.9. The molecule has 0 spiro atoms. The predicted molar refractivity (Wildman–Crippen MR) is 103 cm³/mol.